The van der Waals surface area contributed by atoms with Gasteiger partial charge in [0, 0.05) is 0 Å². The molecule has 0 radical (unpaired) electrons. The second-order valence-corrected chi connectivity index (χ2v) is 5.17. The maximum absolute atomic E-state index is 12.7. The van der Waals surface area contributed by atoms with E-state index in [0.29, 0.717) is 0 Å². The van der Waals surface area contributed by atoms with Crippen LogP contribution in [0.25, 0.3) is 0 Å². The second kappa shape index (κ2) is 6.44. The van der Waals surface area contributed by atoms with E-state index in [1.807, 2.05) is 0 Å². The number of carbonyl (C=O) groups is 1. The highest BCUT2D eigenvalue weighted by molar-refractivity contribution is 5.91. The quantitative estimate of drug-likeness (QED) is 0.850. The lowest BCUT2D eigenvalue weighted by molar-refractivity contribution is -0.137. The monoisotopic (exact) mass is 306 g/mol. The number of alkyl halides is 3. The van der Waals surface area contributed by atoms with Crippen LogP contribution in [0.4, 0.5) is 13.2 Å². The van der Waals surface area contributed by atoms with Crippen LogP contribution in [0.2, 0.25) is 0 Å². The van der Waals surface area contributed by atoms with Crippen molar-refractivity contribution < 1.29 is 32.5 Å². The summed E-state index contributed by atoms with van der Waals surface area (Å²) in [5, 5.41) is 9.51. The van der Waals surface area contributed by atoms with E-state index in [4.69, 9.17) is 4.74 Å². The molecule has 0 aromatic heterocycles. The maximum atomic E-state index is 12.7. The van der Waals surface area contributed by atoms with E-state index in [9.17, 15) is 23.1 Å². The largest absolute Gasteiger partial charge is 0.465 e. The zero-order valence-electron chi connectivity index (χ0n) is 12.0. The number of benzene rings is 1. The van der Waals surface area contributed by atoms with Gasteiger partial charge in [-0.15, -0.1) is 0 Å². The van der Waals surface area contributed by atoms with Crippen molar-refractivity contribution in [3.05, 3.63) is 34.9 Å². The summed E-state index contributed by atoms with van der Waals surface area (Å²) < 4.78 is 47.8. The second-order valence-electron chi connectivity index (χ2n) is 5.17. The van der Waals surface area contributed by atoms with E-state index < -0.39 is 23.3 Å². The van der Waals surface area contributed by atoms with Gasteiger partial charge in [0.25, 0.3) is 0 Å². The molecule has 118 valence electrons. The average molecular weight is 306 g/mol. The molecule has 4 nitrogen and oxygen atoms in total. The van der Waals surface area contributed by atoms with Gasteiger partial charge in [0.2, 0.25) is 0 Å². The van der Waals surface area contributed by atoms with Crippen molar-refractivity contribution in [2.75, 3.05) is 13.7 Å². The molecule has 21 heavy (non-hydrogen) atoms. The molecule has 0 aliphatic carbocycles. The topological polar surface area (TPSA) is 55.8 Å². The van der Waals surface area contributed by atoms with Gasteiger partial charge < -0.3 is 14.6 Å². The maximum Gasteiger partial charge on any atom is 0.416 e. The summed E-state index contributed by atoms with van der Waals surface area (Å²) in [6.07, 6.45) is -4.51. The number of aliphatic hydroxyl groups is 1. The number of rotatable bonds is 5. The molecule has 1 rings (SSSR count). The van der Waals surface area contributed by atoms with Crippen LogP contribution in [0, 0.1) is 0 Å². The Morgan fingerprint density at radius 2 is 1.90 bits per heavy atom. The molecule has 1 aromatic carbocycles. The number of hydrogen-bond acceptors (Lipinski definition) is 4. The van der Waals surface area contributed by atoms with Crippen LogP contribution in [0.15, 0.2) is 18.2 Å². The van der Waals surface area contributed by atoms with Gasteiger partial charge in [-0.2, -0.15) is 13.2 Å². The Morgan fingerprint density at radius 3 is 2.38 bits per heavy atom. The highest BCUT2D eigenvalue weighted by atomic mass is 19.4. The molecule has 0 saturated heterocycles. The van der Waals surface area contributed by atoms with E-state index in [1.165, 1.54) is 13.8 Å². The highest BCUT2D eigenvalue weighted by Crippen LogP contribution is 2.31. The first-order valence-corrected chi connectivity index (χ1v) is 6.13. The first-order valence-electron chi connectivity index (χ1n) is 6.13. The summed E-state index contributed by atoms with van der Waals surface area (Å²) in [5.74, 6) is -0.745. The molecule has 1 N–H and O–H groups in total. The van der Waals surface area contributed by atoms with Gasteiger partial charge in [0.1, 0.15) is 0 Å². The fraction of sp³-hybridized carbons (Fsp3) is 0.500. The molecule has 0 atom stereocenters. The molecule has 0 aliphatic rings. The van der Waals surface area contributed by atoms with Crippen molar-refractivity contribution in [2.24, 2.45) is 0 Å². The summed E-state index contributed by atoms with van der Waals surface area (Å²) in [7, 11) is 1.14. The Bertz CT molecular complexity index is 504. The van der Waals surface area contributed by atoms with Crippen LogP contribution in [0.5, 0.6) is 0 Å². The normalized spacial score (nSPS) is 12.3. The number of halogens is 3. The molecule has 1 aromatic rings. The number of hydrogen-bond donors (Lipinski definition) is 1. The lowest BCUT2D eigenvalue weighted by atomic mass is 10.0. The Labute approximate surface area is 120 Å². The van der Waals surface area contributed by atoms with E-state index in [2.05, 4.69) is 4.74 Å². The van der Waals surface area contributed by atoms with Gasteiger partial charge >= 0.3 is 12.1 Å². The molecule has 0 bridgehead atoms. The molecule has 0 aliphatic heterocycles. The fourth-order valence-corrected chi connectivity index (χ4v) is 1.61. The smallest absolute Gasteiger partial charge is 0.416 e. The first kappa shape index (κ1) is 17.5. The lowest BCUT2D eigenvalue weighted by Crippen LogP contribution is -2.26. The van der Waals surface area contributed by atoms with Crippen molar-refractivity contribution in [1.82, 2.24) is 0 Å². The minimum atomic E-state index is -4.51. The van der Waals surface area contributed by atoms with Crippen LogP contribution < -0.4 is 0 Å². The summed E-state index contributed by atoms with van der Waals surface area (Å²) in [5.41, 5.74) is -1.94. The third-order valence-corrected chi connectivity index (χ3v) is 2.55. The Balaban J connectivity index is 3.03. The summed E-state index contributed by atoms with van der Waals surface area (Å²) in [6, 6.07) is 2.71. The molecular formula is C14H17F3O4. The molecule has 0 fully saturated rings. The van der Waals surface area contributed by atoms with Gasteiger partial charge in [0.15, 0.2) is 0 Å². The van der Waals surface area contributed by atoms with Crippen LogP contribution in [-0.4, -0.2) is 30.4 Å². The standard InChI is InChI=1S/C14H17F3O4/c1-13(2,19)8-21-7-9-6-10(14(15,16)17)4-5-11(9)12(18)20-3/h4-6,19H,7-8H2,1-3H3. The van der Waals surface area contributed by atoms with E-state index in [1.54, 1.807) is 0 Å². The van der Waals surface area contributed by atoms with Gasteiger partial charge in [0.05, 0.1) is 37.1 Å². The van der Waals surface area contributed by atoms with Crippen molar-refractivity contribution >= 4 is 5.97 Å². The van der Waals surface area contributed by atoms with Crippen molar-refractivity contribution in [3.8, 4) is 0 Å². The zero-order chi connectivity index (χ0) is 16.3. The van der Waals surface area contributed by atoms with E-state index in [0.717, 1.165) is 25.3 Å². The predicted molar refractivity (Wildman–Crippen MR) is 68.7 cm³/mol. The number of carbonyl (C=O) groups excluding carboxylic acids is 1. The zero-order valence-corrected chi connectivity index (χ0v) is 12.0. The third kappa shape index (κ3) is 5.35. The third-order valence-electron chi connectivity index (χ3n) is 2.55. The van der Waals surface area contributed by atoms with E-state index >= 15 is 0 Å². The first-order chi connectivity index (χ1) is 9.54. The predicted octanol–water partition coefficient (Wildman–Crippen LogP) is 2.78. The van der Waals surface area contributed by atoms with Gasteiger partial charge in [-0.05, 0) is 37.6 Å². The number of ether oxygens (including phenoxy) is 2. The van der Waals surface area contributed by atoms with Crippen LogP contribution in [0.1, 0.15) is 35.3 Å². The van der Waals surface area contributed by atoms with Crippen LogP contribution >= 0.6 is 0 Å². The fourth-order valence-electron chi connectivity index (χ4n) is 1.61. The van der Waals surface area contributed by atoms with Gasteiger partial charge in [-0.25, -0.2) is 4.79 Å². The van der Waals surface area contributed by atoms with E-state index in [-0.39, 0.29) is 24.3 Å². The van der Waals surface area contributed by atoms with Crippen molar-refractivity contribution in [1.29, 1.82) is 0 Å². The molecule has 0 unspecified atom stereocenters. The number of methoxy groups -OCH3 is 1. The Morgan fingerprint density at radius 1 is 1.29 bits per heavy atom. The SMILES string of the molecule is COC(=O)c1ccc(C(F)(F)F)cc1COCC(C)(C)O. The van der Waals surface area contributed by atoms with Crippen molar-refractivity contribution in [3.63, 3.8) is 0 Å². The van der Waals surface area contributed by atoms with Crippen LogP contribution in [0.3, 0.4) is 0 Å². The lowest BCUT2D eigenvalue weighted by Gasteiger charge is -2.18. The molecule has 7 heteroatoms. The Kier molecular flexibility index (Phi) is 5.36. The number of esters is 1. The van der Waals surface area contributed by atoms with Crippen molar-refractivity contribution in [2.45, 2.75) is 32.2 Å². The highest BCUT2D eigenvalue weighted by Gasteiger charge is 2.31. The molecule has 0 amide bonds. The molecule has 0 saturated carbocycles. The van der Waals surface area contributed by atoms with Gasteiger partial charge in [-0.1, -0.05) is 0 Å². The minimum Gasteiger partial charge on any atom is -0.465 e. The summed E-state index contributed by atoms with van der Waals surface area (Å²) in [6.45, 7) is 2.68. The van der Waals surface area contributed by atoms with Gasteiger partial charge in [-0.3, -0.25) is 0 Å². The summed E-state index contributed by atoms with van der Waals surface area (Å²) in [4.78, 5) is 11.5. The average Bonchev–Trinajstić information content (AvgIpc) is 2.35. The van der Waals surface area contributed by atoms with Crippen LogP contribution in [-0.2, 0) is 22.3 Å². The summed E-state index contributed by atoms with van der Waals surface area (Å²) >= 11 is 0. The minimum absolute atomic E-state index is 0.00115. The Hall–Kier alpha value is -1.60. The molecular weight excluding hydrogens is 289 g/mol. The molecule has 0 spiro atoms. The molecule has 0 heterocycles.